The van der Waals surface area contributed by atoms with Crippen LogP contribution in [0.4, 0.5) is 0 Å². The zero-order chi connectivity index (χ0) is 38.0. The maximum Gasteiger partial charge on any atom is 0.247 e. The molecule has 15 heteroatoms. The van der Waals surface area contributed by atoms with E-state index in [4.69, 9.17) is 11.5 Å². The second-order valence-electron chi connectivity index (χ2n) is 13.4. The summed E-state index contributed by atoms with van der Waals surface area (Å²) in [4.78, 5) is 66.4. The average molecular weight is 745 g/mol. The monoisotopic (exact) mass is 744 g/mol. The SMILES string of the molecule is Cc1cc(O)cc(C)c1CC(N)C(=O)NC(CSCCSC(C)C)C(=O)NC1(C(=O)NC(C)C(=O)NC(C(N)=O)C(C)O)Cc2ccccc2C1. The van der Waals surface area contributed by atoms with Gasteiger partial charge in [0.25, 0.3) is 0 Å². The predicted octanol–water partition coefficient (Wildman–Crippen LogP) is 0.748. The molecular formula is C36H52N6O7S2. The standard InChI is InChI=1S/C36H52N6O7S2/c1-19(2)51-12-11-50-18-29(40-33(47)28(37)15-27-20(3)13-26(44)14-21(27)4)34(48)42-36(16-24-9-7-8-10-25(24)17-36)35(49)39-22(5)32(46)41-30(23(6)43)31(38)45/h7-10,13-14,19,22-23,28-30,43-44H,11-12,15-18,37H2,1-6H3,(H2,38,45)(H,39,49)(H,40,47)(H,41,46)(H,42,48). The molecule has 2 aromatic carbocycles. The Morgan fingerprint density at radius 2 is 1.47 bits per heavy atom. The molecule has 0 saturated carbocycles. The summed E-state index contributed by atoms with van der Waals surface area (Å²) in [7, 11) is 0. The highest BCUT2D eigenvalue weighted by atomic mass is 32.2. The Morgan fingerprint density at radius 1 is 0.882 bits per heavy atom. The molecule has 10 N–H and O–H groups in total. The van der Waals surface area contributed by atoms with Gasteiger partial charge in [-0.05, 0) is 79.3 Å². The Morgan fingerprint density at radius 3 is 2.00 bits per heavy atom. The second kappa shape index (κ2) is 18.6. The normalized spacial score (nSPS) is 16.3. The van der Waals surface area contributed by atoms with Gasteiger partial charge in [0.2, 0.25) is 29.5 Å². The van der Waals surface area contributed by atoms with E-state index in [1.165, 1.54) is 25.6 Å². The highest BCUT2D eigenvalue weighted by molar-refractivity contribution is 8.03. The molecule has 5 unspecified atom stereocenters. The summed E-state index contributed by atoms with van der Waals surface area (Å²) in [6.45, 7) is 10.6. The number of nitrogens with one attached hydrogen (secondary N) is 4. The summed E-state index contributed by atoms with van der Waals surface area (Å²) in [5.74, 6) is -1.54. The molecule has 1 aliphatic rings. The molecule has 3 rings (SSSR count). The average Bonchev–Trinajstić information content (AvgIpc) is 3.43. The Hall–Kier alpha value is -3.79. The number of fused-ring (bicyclic) bond motifs is 1. The first-order valence-corrected chi connectivity index (χ1v) is 19.2. The van der Waals surface area contributed by atoms with E-state index in [1.807, 2.05) is 38.1 Å². The summed E-state index contributed by atoms with van der Waals surface area (Å²) >= 11 is 3.28. The smallest absolute Gasteiger partial charge is 0.247 e. The van der Waals surface area contributed by atoms with Crippen LogP contribution in [-0.4, -0.2) is 98.1 Å². The van der Waals surface area contributed by atoms with Crippen molar-refractivity contribution >= 4 is 53.1 Å². The molecule has 1 aliphatic carbocycles. The number of phenolic OH excluding ortho intramolecular Hbond substituents is 1. The van der Waals surface area contributed by atoms with Gasteiger partial charge < -0.3 is 42.9 Å². The summed E-state index contributed by atoms with van der Waals surface area (Å²) in [6, 6.07) is 6.02. The van der Waals surface area contributed by atoms with Crippen molar-refractivity contribution in [1.29, 1.82) is 0 Å². The highest BCUT2D eigenvalue weighted by Gasteiger charge is 2.47. The van der Waals surface area contributed by atoms with Crippen molar-refractivity contribution in [2.24, 2.45) is 11.5 Å². The molecular weight excluding hydrogens is 693 g/mol. The van der Waals surface area contributed by atoms with Crippen LogP contribution in [0.5, 0.6) is 5.75 Å². The molecule has 5 amide bonds. The Bertz CT molecular complexity index is 1540. The minimum absolute atomic E-state index is 0.118. The van der Waals surface area contributed by atoms with Crippen LogP contribution in [-0.2, 0) is 43.2 Å². The van der Waals surface area contributed by atoms with E-state index in [-0.39, 0.29) is 30.8 Å². The van der Waals surface area contributed by atoms with Crippen molar-refractivity contribution < 1.29 is 34.2 Å². The third-order valence-corrected chi connectivity index (χ3v) is 11.2. The zero-order valence-electron chi connectivity index (χ0n) is 30.1. The number of carbonyl (C=O) groups is 5. The van der Waals surface area contributed by atoms with E-state index in [2.05, 4.69) is 35.1 Å². The van der Waals surface area contributed by atoms with E-state index in [9.17, 15) is 34.2 Å². The van der Waals surface area contributed by atoms with Crippen LogP contribution >= 0.6 is 23.5 Å². The number of primary amides is 1. The van der Waals surface area contributed by atoms with Crippen molar-refractivity contribution in [1.82, 2.24) is 21.3 Å². The van der Waals surface area contributed by atoms with Gasteiger partial charge in [-0.25, -0.2) is 0 Å². The van der Waals surface area contributed by atoms with Gasteiger partial charge in [-0.1, -0.05) is 38.1 Å². The number of amides is 5. The van der Waals surface area contributed by atoms with E-state index in [0.717, 1.165) is 39.3 Å². The summed E-state index contributed by atoms with van der Waals surface area (Å²) in [5, 5.41) is 31.0. The van der Waals surface area contributed by atoms with Gasteiger partial charge in [0.05, 0.1) is 12.1 Å². The number of thioether (sulfide) groups is 2. The van der Waals surface area contributed by atoms with Crippen LogP contribution in [0.2, 0.25) is 0 Å². The number of phenols is 1. The highest BCUT2D eigenvalue weighted by Crippen LogP contribution is 2.31. The molecule has 0 saturated heterocycles. The lowest BCUT2D eigenvalue weighted by molar-refractivity contribution is -0.137. The first-order valence-electron chi connectivity index (χ1n) is 17.0. The molecule has 2 aromatic rings. The Balaban J connectivity index is 1.84. The third-order valence-electron chi connectivity index (χ3n) is 8.77. The zero-order valence-corrected chi connectivity index (χ0v) is 31.7. The lowest BCUT2D eigenvalue weighted by atomic mass is 9.93. The van der Waals surface area contributed by atoms with Crippen LogP contribution in [0.3, 0.4) is 0 Å². The van der Waals surface area contributed by atoms with E-state index >= 15 is 0 Å². The molecule has 0 heterocycles. The molecule has 0 aromatic heterocycles. The van der Waals surface area contributed by atoms with Crippen molar-refractivity contribution in [2.75, 3.05) is 17.3 Å². The van der Waals surface area contributed by atoms with Crippen molar-refractivity contribution in [3.63, 3.8) is 0 Å². The number of aliphatic hydroxyl groups excluding tert-OH is 1. The van der Waals surface area contributed by atoms with Gasteiger partial charge in [0.15, 0.2) is 0 Å². The van der Waals surface area contributed by atoms with Gasteiger partial charge in [0.1, 0.15) is 29.4 Å². The third kappa shape index (κ3) is 11.6. The number of rotatable bonds is 18. The number of aliphatic hydroxyl groups is 1. The molecule has 0 aliphatic heterocycles. The second-order valence-corrected chi connectivity index (χ2v) is 16.3. The van der Waals surface area contributed by atoms with Gasteiger partial charge in [-0.15, -0.1) is 0 Å². The summed E-state index contributed by atoms with van der Waals surface area (Å²) < 4.78 is 0. The molecule has 13 nitrogen and oxygen atoms in total. The predicted molar refractivity (Wildman–Crippen MR) is 201 cm³/mol. The Labute approximate surface area is 308 Å². The lowest BCUT2D eigenvalue weighted by Gasteiger charge is -2.32. The van der Waals surface area contributed by atoms with Crippen molar-refractivity contribution in [3.05, 3.63) is 64.2 Å². The number of aryl methyl sites for hydroxylation is 2. The van der Waals surface area contributed by atoms with Crippen LogP contribution in [0.25, 0.3) is 0 Å². The first kappa shape index (κ1) is 41.6. The van der Waals surface area contributed by atoms with Crippen LogP contribution in [0, 0.1) is 13.8 Å². The number of hydrogen-bond acceptors (Lipinski definition) is 10. The lowest BCUT2D eigenvalue weighted by Crippen LogP contribution is -2.66. The molecule has 5 atom stereocenters. The van der Waals surface area contributed by atoms with E-state index < -0.39 is 65.3 Å². The topological polar surface area (TPSA) is 226 Å². The molecule has 51 heavy (non-hydrogen) atoms. The molecule has 280 valence electrons. The molecule has 0 spiro atoms. The fraction of sp³-hybridized carbons (Fsp3) is 0.528. The summed E-state index contributed by atoms with van der Waals surface area (Å²) in [5.41, 5.74) is 14.3. The number of carbonyl (C=O) groups excluding carboxylic acids is 5. The maximum atomic E-state index is 14.2. The van der Waals surface area contributed by atoms with E-state index in [1.54, 1.807) is 23.9 Å². The molecule has 0 fully saturated rings. The van der Waals surface area contributed by atoms with Crippen LogP contribution in [0.1, 0.15) is 55.5 Å². The van der Waals surface area contributed by atoms with Gasteiger partial charge in [-0.2, -0.15) is 23.5 Å². The minimum atomic E-state index is -1.51. The number of hydrogen-bond donors (Lipinski definition) is 8. The van der Waals surface area contributed by atoms with Gasteiger partial charge in [0, 0.05) is 30.1 Å². The maximum absolute atomic E-state index is 14.2. The summed E-state index contributed by atoms with van der Waals surface area (Å²) in [6.07, 6.45) is -0.821. The fourth-order valence-corrected chi connectivity index (χ4v) is 7.93. The molecule has 0 bridgehead atoms. The molecule has 0 radical (unpaired) electrons. The fourth-order valence-electron chi connectivity index (χ4n) is 5.96. The van der Waals surface area contributed by atoms with Gasteiger partial charge >= 0.3 is 0 Å². The largest absolute Gasteiger partial charge is 0.508 e. The first-order chi connectivity index (χ1) is 23.9. The Kier molecular flexibility index (Phi) is 15.2. The van der Waals surface area contributed by atoms with Crippen LogP contribution < -0.4 is 32.7 Å². The van der Waals surface area contributed by atoms with Gasteiger partial charge in [-0.3, -0.25) is 24.0 Å². The number of nitrogens with two attached hydrogens (primary N) is 2. The number of aromatic hydroxyl groups is 1. The van der Waals surface area contributed by atoms with E-state index in [0.29, 0.717) is 5.25 Å². The van der Waals surface area contributed by atoms with Crippen molar-refractivity contribution in [3.8, 4) is 5.75 Å². The van der Waals surface area contributed by atoms with Crippen LogP contribution in [0.15, 0.2) is 36.4 Å². The minimum Gasteiger partial charge on any atom is -0.508 e. The van der Waals surface area contributed by atoms with Crippen molar-refractivity contribution in [2.45, 2.75) is 102 Å². The number of benzene rings is 2. The quantitative estimate of drug-likeness (QED) is 0.100.